The number of nitrogens with one attached hydrogen (secondary N) is 1. The van der Waals surface area contributed by atoms with Gasteiger partial charge in [0.25, 0.3) is 11.8 Å². The standard InChI is InChI=1S/C27H18Cl2N2O2/c28-19-11-14-24(29)23(15-19)26(32)30-20-12-9-17(10-13-20)27(33)31-16-18-5-1-2-6-21(18)22-7-3-4-8-25(22)31/h1-15H,16H2,(H,30,32). The lowest BCUT2D eigenvalue weighted by Gasteiger charge is -2.31. The van der Waals surface area contributed by atoms with E-state index in [-0.39, 0.29) is 17.4 Å². The number of anilines is 2. The Balaban J connectivity index is 1.38. The first-order valence-corrected chi connectivity index (χ1v) is 11.1. The Bertz CT molecular complexity index is 1380. The number of hydrogen-bond donors (Lipinski definition) is 1. The molecule has 5 rings (SSSR count). The van der Waals surface area contributed by atoms with E-state index in [1.54, 1.807) is 41.3 Å². The molecule has 33 heavy (non-hydrogen) atoms. The molecule has 4 aromatic carbocycles. The normalized spacial score (nSPS) is 12.0. The van der Waals surface area contributed by atoms with Crippen molar-refractivity contribution in [2.45, 2.75) is 6.54 Å². The molecular weight excluding hydrogens is 455 g/mol. The number of benzene rings is 4. The fourth-order valence-corrected chi connectivity index (χ4v) is 4.39. The second-order valence-corrected chi connectivity index (χ2v) is 8.56. The van der Waals surface area contributed by atoms with Gasteiger partial charge in [-0.3, -0.25) is 9.59 Å². The average molecular weight is 473 g/mol. The van der Waals surface area contributed by atoms with Crippen LogP contribution in [-0.4, -0.2) is 11.8 Å². The minimum Gasteiger partial charge on any atom is -0.322 e. The molecule has 0 radical (unpaired) electrons. The van der Waals surface area contributed by atoms with Gasteiger partial charge in [0, 0.05) is 21.8 Å². The molecule has 0 saturated heterocycles. The zero-order valence-electron chi connectivity index (χ0n) is 17.4. The van der Waals surface area contributed by atoms with E-state index >= 15 is 0 Å². The van der Waals surface area contributed by atoms with Crippen LogP contribution < -0.4 is 10.2 Å². The van der Waals surface area contributed by atoms with Crippen LogP contribution in [0.5, 0.6) is 0 Å². The molecule has 0 unspecified atom stereocenters. The number of hydrogen-bond acceptors (Lipinski definition) is 2. The highest BCUT2D eigenvalue weighted by molar-refractivity contribution is 6.36. The van der Waals surface area contributed by atoms with Gasteiger partial charge in [-0.05, 0) is 59.7 Å². The molecule has 2 amide bonds. The molecule has 6 heteroatoms. The minimum atomic E-state index is -0.372. The first-order chi connectivity index (χ1) is 16.0. The van der Waals surface area contributed by atoms with Crippen LogP contribution >= 0.6 is 23.2 Å². The van der Waals surface area contributed by atoms with Crippen molar-refractivity contribution in [2.24, 2.45) is 0 Å². The summed E-state index contributed by atoms with van der Waals surface area (Å²) < 4.78 is 0. The molecule has 0 atom stereocenters. The molecule has 4 aromatic rings. The number of amides is 2. The molecular formula is C27H18Cl2N2O2. The van der Waals surface area contributed by atoms with E-state index in [0.717, 1.165) is 22.4 Å². The van der Waals surface area contributed by atoms with Crippen molar-refractivity contribution in [3.05, 3.63) is 118 Å². The van der Waals surface area contributed by atoms with Gasteiger partial charge in [-0.2, -0.15) is 0 Å². The van der Waals surface area contributed by atoms with Crippen molar-refractivity contribution >= 4 is 46.4 Å². The highest BCUT2D eigenvalue weighted by Gasteiger charge is 2.26. The van der Waals surface area contributed by atoms with E-state index in [1.807, 2.05) is 42.5 Å². The van der Waals surface area contributed by atoms with E-state index in [1.165, 1.54) is 6.07 Å². The molecule has 1 heterocycles. The van der Waals surface area contributed by atoms with Crippen LogP contribution in [0.1, 0.15) is 26.3 Å². The summed E-state index contributed by atoms with van der Waals surface area (Å²) in [4.78, 5) is 27.8. The first-order valence-electron chi connectivity index (χ1n) is 10.4. The van der Waals surface area contributed by atoms with Crippen molar-refractivity contribution in [3.8, 4) is 11.1 Å². The molecule has 0 spiro atoms. The molecule has 4 nitrogen and oxygen atoms in total. The molecule has 0 bridgehead atoms. The largest absolute Gasteiger partial charge is 0.322 e. The summed E-state index contributed by atoms with van der Waals surface area (Å²) in [5.74, 6) is -0.476. The molecule has 1 aliphatic rings. The van der Waals surface area contributed by atoms with Crippen LogP contribution in [-0.2, 0) is 6.54 Å². The van der Waals surface area contributed by atoms with Crippen molar-refractivity contribution in [2.75, 3.05) is 10.2 Å². The van der Waals surface area contributed by atoms with Crippen molar-refractivity contribution in [1.82, 2.24) is 0 Å². The molecule has 162 valence electrons. The fourth-order valence-electron chi connectivity index (χ4n) is 4.02. The summed E-state index contributed by atoms with van der Waals surface area (Å²) in [5, 5.41) is 3.53. The summed E-state index contributed by atoms with van der Waals surface area (Å²) in [5.41, 5.74) is 5.54. The van der Waals surface area contributed by atoms with Gasteiger partial charge in [0.1, 0.15) is 0 Å². The maximum absolute atomic E-state index is 13.4. The molecule has 1 aliphatic heterocycles. The van der Waals surface area contributed by atoms with Crippen molar-refractivity contribution in [3.63, 3.8) is 0 Å². The summed E-state index contributed by atoms with van der Waals surface area (Å²) >= 11 is 12.1. The molecule has 0 aliphatic carbocycles. The van der Waals surface area contributed by atoms with Crippen LogP contribution in [0.4, 0.5) is 11.4 Å². The zero-order valence-corrected chi connectivity index (χ0v) is 18.9. The predicted octanol–water partition coefficient (Wildman–Crippen LogP) is 7.07. The molecule has 0 aromatic heterocycles. The Morgan fingerprint density at radius 1 is 0.788 bits per heavy atom. The topological polar surface area (TPSA) is 49.4 Å². The van der Waals surface area contributed by atoms with Gasteiger partial charge >= 0.3 is 0 Å². The number of carbonyl (C=O) groups is 2. The first kappa shape index (κ1) is 21.3. The SMILES string of the molecule is O=C(Nc1ccc(C(=O)N2Cc3ccccc3-c3ccccc32)cc1)c1cc(Cl)ccc1Cl. The second kappa shape index (κ2) is 8.74. The Morgan fingerprint density at radius 2 is 1.48 bits per heavy atom. The third-order valence-corrected chi connectivity index (χ3v) is 6.20. The highest BCUT2D eigenvalue weighted by Crippen LogP contribution is 2.39. The van der Waals surface area contributed by atoms with E-state index in [9.17, 15) is 9.59 Å². The third-order valence-electron chi connectivity index (χ3n) is 5.64. The lowest BCUT2D eigenvalue weighted by molar-refractivity contribution is 0.0983. The van der Waals surface area contributed by atoms with Crippen LogP contribution in [0.25, 0.3) is 11.1 Å². The Labute approximate surface area is 201 Å². The van der Waals surface area contributed by atoms with E-state index in [0.29, 0.717) is 27.8 Å². The summed E-state index contributed by atoms with van der Waals surface area (Å²) in [6.07, 6.45) is 0. The van der Waals surface area contributed by atoms with E-state index < -0.39 is 0 Å². The summed E-state index contributed by atoms with van der Waals surface area (Å²) in [7, 11) is 0. The molecule has 1 N–H and O–H groups in total. The van der Waals surface area contributed by atoms with Gasteiger partial charge in [0.15, 0.2) is 0 Å². The second-order valence-electron chi connectivity index (χ2n) is 7.72. The van der Waals surface area contributed by atoms with Crippen molar-refractivity contribution in [1.29, 1.82) is 0 Å². The van der Waals surface area contributed by atoms with E-state index in [4.69, 9.17) is 23.2 Å². The Kier molecular flexibility index (Phi) is 5.63. The molecule has 0 saturated carbocycles. The van der Waals surface area contributed by atoms with Crippen LogP contribution in [0.3, 0.4) is 0 Å². The monoisotopic (exact) mass is 472 g/mol. The number of carbonyl (C=O) groups excluding carboxylic acids is 2. The quantitative estimate of drug-likeness (QED) is 0.346. The maximum atomic E-state index is 13.4. The number of halogens is 2. The highest BCUT2D eigenvalue weighted by atomic mass is 35.5. The Hall–Kier alpha value is -3.60. The number of fused-ring (bicyclic) bond motifs is 3. The summed E-state index contributed by atoms with van der Waals surface area (Å²) in [6, 6.07) is 27.6. The maximum Gasteiger partial charge on any atom is 0.258 e. The van der Waals surface area contributed by atoms with Gasteiger partial charge in [-0.15, -0.1) is 0 Å². The van der Waals surface area contributed by atoms with Crippen molar-refractivity contribution < 1.29 is 9.59 Å². The lowest BCUT2D eigenvalue weighted by atomic mass is 9.93. The lowest BCUT2D eigenvalue weighted by Crippen LogP contribution is -2.33. The van der Waals surface area contributed by atoms with E-state index in [2.05, 4.69) is 11.4 Å². The Morgan fingerprint density at radius 3 is 2.27 bits per heavy atom. The number of nitrogens with zero attached hydrogens (tertiary/aromatic N) is 1. The van der Waals surface area contributed by atoms with Crippen LogP contribution in [0.15, 0.2) is 91.0 Å². The summed E-state index contributed by atoms with van der Waals surface area (Å²) in [6.45, 7) is 0.498. The zero-order chi connectivity index (χ0) is 22.9. The molecule has 0 fully saturated rings. The van der Waals surface area contributed by atoms with Gasteiger partial charge in [-0.1, -0.05) is 65.7 Å². The average Bonchev–Trinajstić information content (AvgIpc) is 2.85. The minimum absolute atomic E-state index is 0.104. The number of para-hydroxylation sites is 1. The third kappa shape index (κ3) is 4.11. The van der Waals surface area contributed by atoms with Gasteiger partial charge in [0.2, 0.25) is 0 Å². The smallest absolute Gasteiger partial charge is 0.258 e. The van der Waals surface area contributed by atoms with Crippen LogP contribution in [0, 0.1) is 0 Å². The predicted molar refractivity (Wildman–Crippen MR) is 133 cm³/mol. The number of rotatable bonds is 3. The van der Waals surface area contributed by atoms with Gasteiger partial charge in [0.05, 0.1) is 22.8 Å². The van der Waals surface area contributed by atoms with Crippen LogP contribution in [0.2, 0.25) is 10.0 Å². The van der Waals surface area contributed by atoms with Gasteiger partial charge < -0.3 is 10.2 Å². The van der Waals surface area contributed by atoms with Gasteiger partial charge in [-0.25, -0.2) is 0 Å². The fraction of sp³-hybridized carbons (Fsp3) is 0.0370.